The Bertz CT molecular complexity index is 297. The van der Waals surface area contributed by atoms with E-state index in [1.807, 2.05) is 18.5 Å². The number of hydrogen-bond acceptors (Lipinski definition) is 4. The van der Waals surface area contributed by atoms with Crippen molar-refractivity contribution in [3.8, 4) is 0 Å². The third kappa shape index (κ3) is 1.18. The fraction of sp³-hybridized carbons (Fsp3) is 0.600. The van der Waals surface area contributed by atoms with E-state index in [0.717, 1.165) is 19.0 Å². The molecular weight excluding hydrogens is 176 g/mol. The molecule has 0 amide bonds. The molecule has 2 fully saturated rings. The zero-order chi connectivity index (χ0) is 9.38. The summed E-state index contributed by atoms with van der Waals surface area (Å²) in [5, 5.41) is 3.45. The van der Waals surface area contributed by atoms with E-state index < -0.39 is 0 Å². The lowest BCUT2D eigenvalue weighted by Gasteiger charge is -2.35. The van der Waals surface area contributed by atoms with E-state index >= 15 is 0 Å². The van der Waals surface area contributed by atoms with Gasteiger partial charge >= 0.3 is 0 Å². The second kappa shape index (κ2) is 3.20. The van der Waals surface area contributed by atoms with Crippen LogP contribution in [0.1, 0.15) is 12.8 Å². The highest BCUT2D eigenvalue weighted by Gasteiger charge is 2.37. The predicted molar refractivity (Wildman–Crippen MR) is 54.2 cm³/mol. The van der Waals surface area contributed by atoms with Crippen LogP contribution in [0.5, 0.6) is 0 Å². The van der Waals surface area contributed by atoms with Crippen LogP contribution in [0.4, 0.5) is 5.95 Å². The number of rotatable bonds is 1. The Kier molecular flexibility index (Phi) is 1.87. The molecule has 1 aromatic rings. The quantitative estimate of drug-likeness (QED) is 0.696. The van der Waals surface area contributed by atoms with Crippen LogP contribution in [-0.4, -0.2) is 35.1 Å². The monoisotopic (exact) mass is 190 g/mol. The van der Waals surface area contributed by atoms with Crippen molar-refractivity contribution in [2.45, 2.75) is 24.9 Å². The van der Waals surface area contributed by atoms with Crippen molar-refractivity contribution < 1.29 is 0 Å². The van der Waals surface area contributed by atoms with Crippen molar-refractivity contribution in [1.82, 2.24) is 15.3 Å². The molecule has 2 atom stereocenters. The van der Waals surface area contributed by atoms with E-state index in [1.165, 1.54) is 12.8 Å². The topological polar surface area (TPSA) is 41.1 Å². The maximum Gasteiger partial charge on any atom is 0.225 e. The number of piperazine rings is 1. The van der Waals surface area contributed by atoms with Crippen molar-refractivity contribution in [2.75, 3.05) is 18.0 Å². The lowest BCUT2D eigenvalue weighted by atomic mass is 10.2. The Labute approximate surface area is 83.4 Å². The molecule has 2 aliphatic rings. The highest BCUT2D eigenvalue weighted by atomic mass is 15.3. The summed E-state index contributed by atoms with van der Waals surface area (Å²) >= 11 is 0. The van der Waals surface area contributed by atoms with Crippen LogP contribution in [0.15, 0.2) is 18.5 Å². The largest absolute Gasteiger partial charge is 0.332 e. The molecule has 3 heterocycles. The Morgan fingerprint density at radius 3 is 2.43 bits per heavy atom. The van der Waals surface area contributed by atoms with Crippen LogP contribution in [0.3, 0.4) is 0 Å². The summed E-state index contributed by atoms with van der Waals surface area (Å²) < 4.78 is 0. The molecule has 0 spiro atoms. The molecule has 0 aromatic carbocycles. The SMILES string of the molecule is c1cnc(N2C3CCC2CNC3)nc1. The van der Waals surface area contributed by atoms with Gasteiger partial charge in [0, 0.05) is 37.6 Å². The molecule has 1 N–H and O–H groups in total. The summed E-state index contributed by atoms with van der Waals surface area (Å²) in [4.78, 5) is 11.0. The predicted octanol–water partition coefficient (Wildman–Crippen LogP) is 0.417. The zero-order valence-electron chi connectivity index (χ0n) is 8.06. The minimum atomic E-state index is 0.608. The Morgan fingerprint density at radius 2 is 1.79 bits per heavy atom. The smallest absolute Gasteiger partial charge is 0.225 e. The van der Waals surface area contributed by atoms with Gasteiger partial charge in [-0.25, -0.2) is 9.97 Å². The van der Waals surface area contributed by atoms with Gasteiger partial charge in [0.1, 0.15) is 0 Å². The standard InChI is InChI=1S/C10H14N4/c1-4-12-10(13-5-1)14-8-2-3-9(14)7-11-6-8/h1,4-5,8-9,11H,2-3,6-7H2. The van der Waals surface area contributed by atoms with E-state index in [-0.39, 0.29) is 0 Å². The number of nitrogens with zero attached hydrogens (tertiary/aromatic N) is 3. The van der Waals surface area contributed by atoms with Crippen LogP contribution in [0.25, 0.3) is 0 Å². The molecule has 2 saturated heterocycles. The van der Waals surface area contributed by atoms with Crippen LogP contribution < -0.4 is 10.2 Å². The fourth-order valence-electron chi connectivity index (χ4n) is 2.53. The lowest BCUT2D eigenvalue weighted by Crippen LogP contribution is -2.52. The molecule has 0 saturated carbocycles. The third-order valence-electron chi connectivity index (χ3n) is 3.16. The van der Waals surface area contributed by atoms with Gasteiger partial charge in [-0.3, -0.25) is 0 Å². The van der Waals surface area contributed by atoms with Crippen LogP contribution in [0.2, 0.25) is 0 Å². The van der Waals surface area contributed by atoms with Crippen molar-refractivity contribution in [3.63, 3.8) is 0 Å². The minimum Gasteiger partial charge on any atom is -0.332 e. The van der Waals surface area contributed by atoms with Gasteiger partial charge in [0.2, 0.25) is 5.95 Å². The molecule has 2 aliphatic heterocycles. The fourth-order valence-corrected chi connectivity index (χ4v) is 2.53. The normalized spacial score (nSPS) is 30.7. The summed E-state index contributed by atoms with van der Waals surface area (Å²) in [6.45, 7) is 2.16. The number of fused-ring (bicyclic) bond motifs is 2. The van der Waals surface area contributed by atoms with Crippen molar-refractivity contribution in [1.29, 1.82) is 0 Å². The van der Waals surface area contributed by atoms with Gasteiger partial charge in [0.05, 0.1) is 0 Å². The Hall–Kier alpha value is -1.16. The molecule has 2 bridgehead atoms. The second-order valence-corrected chi connectivity index (χ2v) is 4.00. The molecule has 14 heavy (non-hydrogen) atoms. The van der Waals surface area contributed by atoms with Crippen LogP contribution in [0, 0.1) is 0 Å². The van der Waals surface area contributed by atoms with Gasteiger partial charge < -0.3 is 10.2 Å². The molecule has 4 heteroatoms. The van der Waals surface area contributed by atoms with Gasteiger partial charge in [0.25, 0.3) is 0 Å². The first-order chi connectivity index (χ1) is 6.95. The number of anilines is 1. The maximum atomic E-state index is 4.33. The molecule has 1 aromatic heterocycles. The number of nitrogens with one attached hydrogen (secondary N) is 1. The first kappa shape index (κ1) is 8.17. The minimum absolute atomic E-state index is 0.608. The first-order valence-corrected chi connectivity index (χ1v) is 5.21. The number of aromatic nitrogens is 2. The van der Waals surface area contributed by atoms with E-state index in [1.54, 1.807) is 0 Å². The Morgan fingerprint density at radius 1 is 1.14 bits per heavy atom. The van der Waals surface area contributed by atoms with Gasteiger partial charge in [0.15, 0.2) is 0 Å². The average molecular weight is 190 g/mol. The molecule has 0 aliphatic carbocycles. The highest BCUT2D eigenvalue weighted by Crippen LogP contribution is 2.29. The van der Waals surface area contributed by atoms with Crippen molar-refractivity contribution >= 4 is 5.95 Å². The van der Waals surface area contributed by atoms with Crippen molar-refractivity contribution in [2.24, 2.45) is 0 Å². The van der Waals surface area contributed by atoms with Crippen LogP contribution >= 0.6 is 0 Å². The molecule has 2 unspecified atom stereocenters. The summed E-state index contributed by atoms with van der Waals surface area (Å²) in [6, 6.07) is 3.08. The molecule has 4 nitrogen and oxygen atoms in total. The van der Waals surface area contributed by atoms with E-state index in [9.17, 15) is 0 Å². The summed E-state index contributed by atoms with van der Waals surface area (Å²) in [5.41, 5.74) is 0. The third-order valence-corrected chi connectivity index (χ3v) is 3.16. The van der Waals surface area contributed by atoms with Gasteiger partial charge in [-0.2, -0.15) is 0 Å². The van der Waals surface area contributed by atoms with E-state index in [2.05, 4.69) is 20.2 Å². The van der Waals surface area contributed by atoms with E-state index in [0.29, 0.717) is 12.1 Å². The lowest BCUT2D eigenvalue weighted by molar-refractivity contribution is 0.477. The molecule has 74 valence electrons. The van der Waals surface area contributed by atoms with Gasteiger partial charge in [-0.15, -0.1) is 0 Å². The summed E-state index contributed by atoms with van der Waals surface area (Å²) in [6.07, 6.45) is 6.19. The van der Waals surface area contributed by atoms with Gasteiger partial charge in [-0.05, 0) is 18.9 Å². The summed E-state index contributed by atoms with van der Waals surface area (Å²) in [5.74, 6) is 0.904. The van der Waals surface area contributed by atoms with Crippen LogP contribution in [-0.2, 0) is 0 Å². The first-order valence-electron chi connectivity index (χ1n) is 5.21. The highest BCUT2D eigenvalue weighted by molar-refractivity contribution is 5.36. The maximum absolute atomic E-state index is 4.33. The van der Waals surface area contributed by atoms with E-state index in [4.69, 9.17) is 0 Å². The molecular formula is C10H14N4. The Balaban J connectivity index is 1.92. The average Bonchev–Trinajstić information content (AvgIpc) is 2.50. The number of hydrogen-bond donors (Lipinski definition) is 1. The molecule has 3 rings (SSSR count). The van der Waals surface area contributed by atoms with Gasteiger partial charge in [-0.1, -0.05) is 0 Å². The molecule has 0 radical (unpaired) electrons. The van der Waals surface area contributed by atoms with Crippen molar-refractivity contribution in [3.05, 3.63) is 18.5 Å². The summed E-state index contributed by atoms with van der Waals surface area (Å²) in [7, 11) is 0. The second-order valence-electron chi connectivity index (χ2n) is 4.00. The zero-order valence-corrected chi connectivity index (χ0v) is 8.06.